The molecule has 116 valence electrons. The van der Waals surface area contributed by atoms with Crippen LogP contribution in [0, 0.1) is 0 Å². The van der Waals surface area contributed by atoms with Gasteiger partial charge in [0, 0.05) is 20.3 Å². The average molecular weight is 313 g/mol. The number of hydrogen-bond donors (Lipinski definition) is 0. The quantitative estimate of drug-likeness (QED) is 0.737. The number of methoxy groups -OCH3 is 3. The second kappa shape index (κ2) is 7.11. The summed E-state index contributed by atoms with van der Waals surface area (Å²) in [5, 5.41) is -0.191. The van der Waals surface area contributed by atoms with Gasteiger partial charge in [-0.3, -0.25) is 0 Å². The van der Waals surface area contributed by atoms with Gasteiger partial charge in [0.2, 0.25) is 0 Å². The summed E-state index contributed by atoms with van der Waals surface area (Å²) in [4.78, 5) is 4.62. The van der Waals surface area contributed by atoms with Crippen molar-refractivity contribution in [2.24, 2.45) is 0 Å². The van der Waals surface area contributed by atoms with E-state index in [1.807, 2.05) is 25.1 Å². The van der Waals surface area contributed by atoms with Crippen molar-refractivity contribution in [2.75, 3.05) is 27.9 Å². The maximum absolute atomic E-state index is 6.27. The summed E-state index contributed by atoms with van der Waals surface area (Å²) >= 11 is 6.27. The number of rotatable bonds is 7. The van der Waals surface area contributed by atoms with Gasteiger partial charge in [0.1, 0.15) is 11.6 Å². The summed E-state index contributed by atoms with van der Waals surface area (Å²) in [6.07, 6.45) is -0.0522. The van der Waals surface area contributed by atoms with E-state index in [9.17, 15) is 0 Å². The first-order chi connectivity index (χ1) is 10.1. The lowest BCUT2D eigenvalue weighted by atomic mass is 10.3. The third-order valence-electron chi connectivity index (χ3n) is 3.41. The zero-order valence-electron chi connectivity index (χ0n) is 12.8. The number of hydrogen-bond acceptors (Lipinski definition) is 4. The molecule has 2 unspecified atom stereocenters. The number of aromatic nitrogens is 2. The molecular weight excluding hydrogens is 292 g/mol. The third-order valence-corrected chi connectivity index (χ3v) is 3.61. The number of imidazole rings is 1. The summed E-state index contributed by atoms with van der Waals surface area (Å²) in [5.41, 5.74) is 1.88. The van der Waals surface area contributed by atoms with E-state index in [4.69, 9.17) is 25.8 Å². The second-order valence-electron chi connectivity index (χ2n) is 4.86. The van der Waals surface area contributed by atoms with Gasteiger partial charge in [-0.15, -0.1) is 11.6 Å². The summed E-state index contributed by atoms with van der Waals surface area (Å²) < 4.78 is 18.0. The molecule has 2 atom stereocenters. The van der Waals surface area contributed by atoms with Crippen LogP contribution in [0.3, 0.4) is 0 Å². The van der Waals surface area contributed by atoms with Crippen LogP contribution >= 0.6 is 11.6 Å². The van der Waals surface area contributed by atoms with Crippen LogP contribution in [-0.4, -0.2) is 43.6 Å². The minimum absolute atomic E-state index is 0.0522. The Morgan fingerprint density at radius 2 is 2.05 bits per heavy atom. The van der Waals surface area contributed by atoms with Crippen LogP contribution in [0.15, 0.2) is 18.2 Å². The Labute approximate surface area is 129 Å². The second-order valence-corrected chi connectivity index (χ2v) is 5.52. The molecule has 0 radical (unpaired) electrons. The van der Waals surface area contributed by atoms with E-state index in [1.54, 1.807) is 21.3 Å². The highest BCUT2D eigenvalue weighted by Gasteiger charge is 2.18. The summed E-state index contributed by atoms with van der Waals surface area (Å²) in [5.74, 6) is 1.60. The molecule has 0 aliphatic rings. The van der Waals surface area contributed by atoms with Crippen LogP contribution in [0.4, 0.5) is 0 Å². The minimum Gasteiger partial charge on any atom is -0.497 e. The summed E-state index contributed by atoms with van der Waals surface area (Å²) in [6, 6.07) is 5.82. The molecule has 0 fully saturated rings. The lowest BCUT2D eigenvalue weighted by molar-refractivity contribution is 0.0185. The van der Waals surface area contributed by atoms with Crippen molar-refractivity contribution in [2.45, 2.75) is 24.9 Å². The van der Waals surface area contributed by atoms with E-state index in [2.05, 4.69) is 9.55 Å². The Bertz CT molecular complexity index is 598. The predicted molar refractivity (Wildman–Crippen MR) is 83.2 cm³/mol. The first kappa shape index (κ1) is 16.1. The zero-order valence-corrected chi connectivity index (χ0v) is 13.6. The molecule has 2 rings (SSSR count). The molecular formula is C15H21ClN2O3. The van der Waals surface area contributed by atoms with Gasteiger partial charge in [0.25, 0.3) is 0 Å². The number of ether oxygens (including phenoxy) is 3. The van der Waals surface area contributed by atoms with Crippen molar-refractivity contribution in [3.8, 4) is 5.75 Å². The van der Waals surface area contributed by atoms with E-state index in [1.165, 1.54) is 0 Å². The van der Waals surface area contributed by atoms with E-state index in [0.717, 1.165) is 22.6 Å². The Morgan fingerprint density at radius 3 is 2.62 bits per heavy atom. The lowest BCUT2D eigenvalue weighted by Crippen LogP contribution is -2.24. The van der Waals surface area contributed by atoms with Crippen molar-refractivity contribution < 1.29 is 14.2 Å². The molecule has 2 aromatic rings. The fraction of sp³-hybridized carbons (Fsp3) is 0.533. The van der Waals surface area contributed by atoms with Gasteiger partial charge < -0.3 is 18.8 Å². The van der Waals surface area contributed by atoms with Crippen LogP contribution in [-0.2, 0) is 16.0 Å². The average Bonchev–Trinajstić information content (AvgIpc) is 2.84. The van der Waals surface area contributed by atoms with Crippen molar-refractivity contribution in [3.05, 3.63) is 24.0 Å². The molecule has 0 bridgehead atoms. The summed E-state index contributed by atoms with van der Waals surface area (Å²) in [6.45, 7) is 3.07. The van der Waals surface area contributed by atoms with Crippen molar-refractivity contribution in [1.82, 2.24) is 9.55 Å². The zero-order chi connectivity index (χ0) is 15.4. The summed E-state index contributed by atoms with van der Waals surface area (Å²) in [7, 11) is 4.98. The standard InChI is InChI=1S/C15H21ClN2O3/c1-10(16)15-17-13-7-11(20-3)5-6-14(13)18(15)8-12(21-4)9-19-2/h5-7,10,12H,8-9H2,1-4H3. The molecule has 21 heavy (non-hydrogen) atoms. The molecule has 1 heterocycles. The molecule has 0 aliphatic heterocycles. The van der Waals surface area contributed by atoms with E-state index in [0.29, 0.717) is 13.2 Å². The number of benzene rings is 1. The highest BCUT2D eigenvalue weighted by molar-refractivity contribution is 6.20. The van der Waals surface area contributed by atoms with E-state index in [-0.39, 0.29) is 11.5 Å². The SMILES string of the molecule is COCC(Cn1c(C(C)Cl)nc2cc(OC)ccc21)OC. The number of halogens is 1. The highest BCUT2D eigenvalue weighted by atomic mass is 35.5. The smallest absolute Gasteiger partial charge is 0.127 e. The Kier molecular flexibility index (Phi) is 5.45. The van der Waals surface area contributed by atoms with Crippen molar-refractivity contribution in [1.29, 1.82) is 0 Å². The number of alkyl halides is 1. The topological polar surface area (TPSA) is 45.5 Å². The molecule has 1 aromatic carbocycles. The van der Waals surface area contributed by atoms with Crippen molar-refractivity contribution in [3.63, 3.8) is 0 Å². The van der Waals surface area contributed by atoms with Gasteiger partial charge in [-0.25, -0.2) is 4.98 Å². The first-order valence-corrected chi connectivity index (χ1v) is 7.24. The van der Waals surface area contributed by atoms with Gasteiger partial charge in [-0.1, -0.05) is 0 Å². The Balaban J connectivity index is 2.45. The lowest BCUT2D eigenvalue weighted by Gasteiger charge is -2.18. The first-order valence-electron chi connectivity index (χ1n) is 6.80. The molecule has 0 amide bonds. The van der Waals surface area contributed by atoms with Gasteiger partial charge in [-0.2, -0.15) is 0 Å². The van der Waals surface area contributed by atoms with E-state index < -0.39 is 0 Å². The van der Waals surface area contributed by atoms with Crippen LogP contribution < -0.4 is 4.74 Å². The maximum atomic E-state index is 6.27. The fourth-order valence-corrected chi connectivity index (χ4v) is 2.50. The monoisotopic (exact) mass is 312 g/mol. The molecule has 0 N–H and O–H groups in total. The highest BCUT2D eigenvalue weighted by Crippen LogP contribution is 2.27. The molecule has 6 heteroatoms. The van der Waals surface area contributed by atoms with Crippen molar-refractivity contribution >= 4 is 22.6 Å². The van der Waals surface area contributed by atoms with Crippen LogP contribution in [0.25, 0.3) is 11.0 Å². The van der Waals surface area contributed by atoms with Gasteiger partial charge in [0.15, 0.2) is 0 Å². The molecule has 0 spiro atoms. The largest absolute Gasteiger partial charge is 0.497 e. The fourth-order valence-electron chi connectivity index (χ4n) is 2.34. The predicted octanol–water partition coefficient (Wildman–Crippen LogP) is 3.01. The molecule has 5 nitrogen and oxygen atoms in total. The van der Waals surface area contributed by atoms with Crippen LogP contribution in [0.2, 0.25) is 0 Å². The molecule has 1 aromatic heterocycles. The van der Waals surface area contributed by atoms with Gasteiger partial charge in [0.05, 0.1) is 42.8 Å². The molecule has 0 saturated carbocycles. The minimum atomic E-state index is -0.191. The maximum Gasteiger partial charge on any atom is 0.127 e. The normalized spacial score (nSPS) is 14.3. The number of fused-ring (bicyclic) bond motifs is 1. The van der Waals surface area contributed by atoms with Gasteiger partial charge in [-0.05, 0) is 19.1 Å². The number of nitrogens with zero attached hydrogens (tertiary/aromatic N) is 2. The Morgan fingerprint density at radius 1 is 1.29 bits per heavy atom. The van der Waals surface area contributed by atoms with Gasteiger partial charge >= 0.3 is 0 Å². The van der Waals surface area contributed by atoms with Crippen LogP contribution in [0.1, 0.15) is 18.1 Å². The molecule has 0 aliphatic carbocycles. The van der Waals surface area contributed by atoms with Crippen LogP contribution in [0.5, 0.6) is 5.75 Å². The molecule has 0 saturated heterocycles. The Hall–Kier alpha value is -1.30. The van der Waals surface area contributed by atoms with E-state index >= 15 is 0 Å². The third kappa shape index (κ3) is 3.48.